The van der Waals surface area contributed by atoms with Crippen molar-refractivity contribution in [2.75, 3.05) is 6.61 Å². The molecule has 0 unspecified atom stereocenters. The second-order valence-corrected chi connectivity index (χ2v) is 5.18. The molecule has 90 valence electrons. The second kappa shape index (κ2) is 6.07. The van der Waals surface area contributed by atoms with Gasteiger partial charge >= 0.3 is 5.97 Å². The largest absolute Gasteiger partial charge is 0.462 e. The summed E-state index contributed by atoms with van der Waals surface area (Å²) in [6.07, 6.45) is 14.0. The van der Waals surface area contributed by atoms with E-state index in [4.69, 9.17) is 4.74 Å². The Balaban J connectivity index is 1.66. The molecule has 0 aromatic heterocycles. The van der Waals surface area contributed by atoms with Gasteiger partial charge < -0.3 is 4.74 Å². The zero-order chi connectivity index (χ0) is 11.2. The fourth-order valence-corrected chi connectivity index (χ4v) is 2.25. The van der Waals surface area contributed by atoms with E-state index < -0.39 is 0 Å². The van der Waals surface area contributed by atoms with Crippen LogP contribution < -0.4 is 0 Å². The van der Waals surface area contributed by atoms with E-state index in [1.165, 1.54) is 51.4 Å². The number of allylic oxidation sites excluding steroid dienone is 1. The number of esters is 1. The van der Waals surface area contributed by atoms with Crippen molar-refractivity contribution in [3.05, 3.63) is 12.2 Å². The van der Waals surface area contributed by atoms with Crippen LogP contribution in [-0.4, -0.2) is 12.6 Å². The Morgan fingerprint density at radius 1 is 1.06 bits per heavy atom. The van der Waals surface area contributed by atoms with Crippen molar-refractivity contribution in [2.45, 2.75) is 51.4 Å². The highest BCUT2D eigenvalue weighted by atomic mass is 16.5. The van der Waals surface area contributed by atoms with Gasteiger partial charge in [0.1, 0.15) is 0 Å². The van der Waals surface area contributed by atoms with Gasteiger partial charge in [0, 0.05) is 6.08 Å². The van der Waals surface area contributed by atoms with E-state index in [0.717, 1.165) is 0 Å². The third-order valence-electron chi connectivity index (χ3n) is 3.56. The van der Waals surface area contributed by atoms with Crippen LogP contribution in [0.4, 0.5) is 0 Å². The number of carbonyl (C=O) groups excluding carboxylic acids is 1. The van der Waals surface area contributed by atoms with E-state index in [0.29, 0.717) is 18.4 Å². The first-order valence-corrected chi connectivity index (χ1v) is 6.69. The van der Waals surface area contributed by atoms with Crippen molar-refractivity contribution >= 4 is 5.97 Å². The summed E-state index contributed by atoms with van der Waals surface area (Å²) in [7, 11) is 0. The maximum absolute atomic E-state index is 11.4. The SMILES string of the molecule is O=C(C=CC1CCCCCC1)OCC1CC1. The molecule has 0 heterocycles. The molecule has 0 radical (unpaired) electrons. The van der Waals surface area contributed by atoms with Crippen molar-refractivity contribution < 1.29 is 9.53 Å². The molecule has 2 nitrogen and oxygen atoms in total. The topological polar surface area (TPSA) is 26.3 Å². The van der Waals surface area contributed by atoms with Gasteiger partial charge in [-0.05, 0) is 37.5 Å². The molecule has 0 atom stereocenters. The maximum atomic E-state index is 11.4. The normalized spacial score (nSPS) is 23.2. The summed E-state index contributed by atoms with van der Waals surface area (Å²) >= 11 is 0. The number of ether oxygens (including phenoxy) is 1. The maximum Gasteiger partial charge on any atom is 0.330 e. The summed E-state index contributed by atoms with van der Waals surface area (Å²) in [6, 6.07) is 0. The predicted octanol–water partition coefficient (Wildman–Crippen LogP) is 3.47. The van der Waals surface area contributed by atoms with Crippen LogP contribution in [0, 0.1) is 11.8 Å². The summed E-state index contributed by atoms with van der Waals surface area (Å²) in [4.78, 5) is 11.4. The summed E-state index contributed by atoms with van der Waals surface area (Å²) in [6.45, 7) is 0.633. The van der Waals surface area contributed by atoms with Gasteiger partial charge in [0.15, 0.2) is 0 Å². The molecule has 2 saturated carbocycles. The number of carbonyl (C=O) groups is 1. The van der Waals surface area contributed by atoms with E-state index in [-0.39, 0.29) is 5.97 Å². The van der Waals surface area contributed by atoms with E-state index in [9.17, 15) is 4.79 Å². The molecule has 16 heavy (non-hydrogen) atoms. The first kappa shape index (κ1) is 11.7. The highest BCUT2D eigenvalue weighted by Gasteiger charge is 2.22. The van der Waals surface area contributed by atoms with E-state index >= 15 is 0 Å². The van der Waals surface area contributed by atoms with Crippen LogP contribution >= 0.6 is 0 Å². The van der Waals surface area contributed by atoms with E-state index in [2.05, 4.69) is 6.08 Å². The minimum Gasteiger partial charge on any atom is -0.462 e. The van der Waals surface area contributed by atoms with E-state index in [1.807, 2.05) is 0 Å². The average Bonchev–Trinajstić information content (AvgIpc) is 3.10. The lowest BCUT2D eigenvalue weighted by molar-refractivity contribution is -0.138. The van der Waals surface area contributed by atoms with Crippen molar-refractivity contribution in [2.24, 2.45) is 11.8 Å². The lowest BCUT2D eigenvalue weighted by Crippen LogP contribution is -2.04. The van der Waals surface area contributed by atoms with Crippen molar-refractivity contribution in [3.63, 3.8) is 0 Å². The molecule has 0 aromatic rings. The summed E-state index contributed by atoms with van der Waals surface area (Å²) in [5.74, 6) is 1.13. The second-order valence-electron chi connectivity index (χ2n) is 5.18. The molecule has 2 aliphatic carbocycles. The van der Waals surface area contributed by atoms with Gasteiger partial charge in [0.2, 0.25) is 0 Å². The van der Waals surface area contributed by atoms with Gasteiger partial charge in [-0.15, -0.1) is 0 Å². The van der Waals surface area contributed by atoms with Gasteiger partial charge in [-0.3, -0.25) is 0 Å². The van der Waals surface area contributed by atoms with Gasteiger partial charge in [-0.1, -0.05) is 31.8 Å². The zero-order valence-corrected chi connectivity index (χ0v) is 9.99. The van der Waals surface area contributed by atoms with Gasteiger partial charge in [-0.25, -0.2) is 4.79 Å². The molecule has 0 bridgehead atoms. The third kappa shape index (κ3) is 4.38. The lowest BCUT2D eigenvalue weighted by Gasteiger charge is -2.07. The minimum absolute atomic E-state index is 0.142. The molecule has 0 saturated heterocycles. The average molecular weight is 222 g/mol. The summed E-state index contributed by atoms with van der Waals surface area (Å²) < 4.78 is 5.16. The Bertz CT molecular complexity index is 245. The fraction of sp³-hybridized carbons (Fsp3) is 0.786. The predicted molar refractivity (Wildman–Crippen MR) is 64.0 cm³/mol. The molecule has 0 aliphatic heterocycles. The summed E-state index contributed by atoms with van der Waals surface area (Å²) in [5, 5.41) is 0. The molecule has 0 N–H and O–H groups in total. The Morgan fingerprint density at radius 2 is 1.75 bits per heavy atom. The van der Waals surface area contributed by atoms with Crippen LogP contribution in [0.5, 0.6) is 0 Å². The highest BCUT2D eigenvalue weighted by molar-refractivity contribution is 5.81. The van der Waals surface area contributed by atoms with Gasteiger partial charge in [0.25, 0.3) is 0 Å². The first-order valence-electron chi connectivity index (χ1n) is 6.69. The quantitative estimate of drug-likeness (QED) is 0.413. The number of hydrogen-bond acceptors (Lipinski definition) is 2. The van der Waals surface area contributed by atoms with Crippen molar-refractivity contribution in [3.8, 4) is 0 Å². The lowest BCUT2D eigenvalue weighted by atomic mass is 10.00. The van der Waals surface area contributed by atoms with Crippen LogP contribution in [-0.2, 0) is 9.53 Å². The molecule has 2 heteroatoms. The van der Waals surface area contributed by atoms with Crippen LogP contribution in [0.2, 0.25) is 0 Å². The molecule has 2 aliphatic rings. The third-order valence-corrected chi connectivity index (χ3v) is 3.56. The number of hydrogen-bond donors (Lipinski definition) is 0. The van der Waals surface area contributed by atoms with Gasteiger partial charge in [0.05, 0.1) is 6.61 Å². The monoisotopic (exact) mass is 222 g/mol. The standard InChI is InChI=1S/C14H22O2/c15-14(16-11-13-7-8-13)10-9-12-5-3-1-2-4-6-12/h9-10,12-13H,1-8,11H2. The van der Waals surface area contributed by atoms with Crippen molar-refractivity contribution in [1.82, 2.24) is 0 Å². The van der Waals surface area contributed by atoms with Crippen LogP contribution in [0.3, 0.4) is 0 Å². The zero-order valence-electron chi connectivity index (χ0n) is 9.99. The van der Waals surface area contributed by atoms with Crippen LogP contribution in [0.15, 0.2) is 12.2 Å². The molecule has 2 fully saturated rings. The highest BCUT2D eigenvalue weighted by Crippen LogP contribution is 2.29. The van der Waals surface area contributed by atoms with Crippen LogP contribution in [0.1, 0.15) is 51.4 Å². The van der Waals surface area contributed by atoms with Crippen LogP contribution in [0.25, 0.3) is 0 Å². The van der Waals surface area contributed by atoms with E-state index in [1.54, 1.807) is 6.08 Å². The molecule has 0 spiro atoms. The fourth-order valence-electron chi connectivity index (χ4n) is 2.25. The molecule has 0 amide bonds. The van der Waals surface area contributed by atoms with Crippen molar-refractivity contribution in [1.29, 1.82) is 0 Å². The molecular formula is C14H22O2. The summed E-state index contributed by atoms with van der Waals surface area (Å²) in [5.41, 5.74) is 0. The molecular weight excluding hydrogens is 200 g/mol. The Kier molecular flexibility index (Phi) is 4.44. The molecule has 2 rings (SSSR count). The number of rotatable bonds is 4. The minimum atomic E-state index is -0.142. The Morgan fingerprint density at radius 3 is 2.38 bits per heavy atom. The first-order chi connectivity index (χ1) is 7.84. The Labute approximate surface area is 98.1 Å². The molecule has 0 aromatic carbocycles. The van der Waals surface area contributed by atoms with Gasteiger partial charge in [-0.2, -0.15) is 0 Å². The Hall–Kier alpha value is -0.790. The smallest absolute Gasteiger partial charge is 0.330 e.